The number of nitriles is 1. The number of likely N-dealkylation sites (tertiary alicyclic amines) is 1. The molecule has 0 unspecified atom stereocenters. The first-order chi connectivity index (χ1) is 14.9. The van der Waals surface area contributed by atoms with Gasteiger partial charge in [0.1, 0.15) is 5.54 Å². The molecule has 1 N–H and O–H groups in total. The number of nitrogens with zero attached hydrogens (tertiary/aromatic N) is 2. The quantitative estimate of drug-likeness (QED) is 0.660. The second-order valence-electron chi connectivity index (χ2n) is 7.62. The molecule has 1 saturated heterocycles. The van der Waals surface area contributed by atoms with Crippen LogP contribution in [0.1, 0.15) is 39.9 Å². The van der Waals surface area contributed by atoms with E-state index in [2.05, 4.69) is 11.4 Å². The number of amides is 1. The smallest absolute Gasteiger partial charge is 0.338 e. The third-order valence-corrected chi connectivity index (χ3v) is 5.43. The Morgan fingerprint density at radius 2 is 1.50 bits per heavy atom. The van der Waals surface area contributed by atoms with Crippen molar-refractivity contribution in [3.63, 3.8) is 0 Å². The van der Waals surface area contributed by atoms with E-state index in [4.69, 9.17) is 0 Å². The van der Waals surface area contributed by atoms with E-state index in [1.54, 1.807) is 0 Å². The van der Waals surface area contributed by atoms with Crippen LogP contribution >= 0.6 is 0 Å². The molecule has 1 amide bonds. The summed E-state index contributed by atoms with van der Waals surface area (Å²) in [5.41, 5.74) is -3.76. The van der Waals surface area contributed by atoms with Gasteiger partial charge in [0.2, 0.25) is 0 Å². The Morgan fingerprint density at radius 1 is 0.969 bits per heavy atom. The summed E-state index contributed by atoms with van der Waals surface area (Å²) >= 11 is 0. The summed E-state index contributed by atoms with van der Waals surface area (Å²) in [6, 6.07) is 12.3. The van der Waals surface area contributed by atoms with Crippen LogP contribution in [0, 0.1) is 11.3 Å². The minimum Gasteiger partial charge on any atom is -0.338 e. The molecular weight excluding hydrogens is 436 g/mol. The average Bonchev–Trinajstić information content (AvgIpc) is 2.77. The van der Waals surface area contributed by atoms with Crippen molar-refractivity contribution in [3.8, 4) is 6.07 Å². The second kappa shape index (κ2) is 8.82. The van der Waals surface area contributed by atoms with Crippen LogP contribution in [0.2, 0.25) is 0 Å². The monoisotopic (exact) mass is 455 g/mol. The van der Waals surface area contributed by atoms with Gasteiger partial charge in [-0.2, -0.15) is 31.6 Å². The molecule has 0 aliphatic carbocycles. The van der Waals surface area contributed by atoms with E-state index in [1.165, 1.54) is 4.90 Å². The van der Waals surface area contributed by atoms with Crippen molar-refractivity contribution in [2.24, 2.45) is 0 Å². The largest absolute Gasteiger partial charge is 0.416 e. The van der Waals surface area contributed by atoms with Gasteiger partial charge in [-0.25, -0.2) is 0 Å². The summed E-state index contributed by atoms with van der Waals surface area (Å²) < 4.78 is 78.5. The number of hydrogen-bond acceptors (Lipinski definition) is 3. The highest BCUT2D eigenvalue weighted by Crippen LogP contribution is 2.37. The zero-order valence-electron chi connectivity index (χ0n) is 16.7. The van der Waals surface area contributed by atoms with E-state index in [1.807, 2.05) is 30.3 Å². The van der Waals surface area contributed by atoms with Gasteiger partial charge in [-0.3, -0.25) is 10.1 Å². The minimum atomic E-state index is -5.03. The van der Waals surface area contributed by atoms with Crippen molar-refractivity contribution in [1.82, 2.24) is 10.2 Å². The Balaban J connectivity index is 1.75. The molecule has 1 aliphatic heterocycles. The maximum Gasteiger partial charge on any atom is 0.416 e. The normalized spacial score (nSPS) is 16.5. The third kappa shape index (κ3) is 5.40. The lowest BCUT2D eigenvalue weighted by Gasteiger charge is -2.38. The maximum absolute atomic E-state index is 13.1. The van der Waals surface area contributed by atoms with Crippen molar-refractivity contribution < 1.29 is 31.1 Å². The van der Waals surface area contributed by atoms with Crippen molar-refractivity contribution in [2.75, 3.05) is 13.1 Å². The fourth-order valence-corrected chi connectivity index (χ4v) is 3.55. The van der Waals surface area contributed by atoms with Gasteiger partial charge in [-0.05, 0) is 36.6 Å². The zero-order valence-corrected chi connectivity index (χ0v) is 16.7. The number of piperidine rings is 1. The maximum atomic E-state index is 13.1. The SMILES string of the molecule is N#CC1(NCc2ccccc2)CCN(C(=O)c2cc(C(F)(F)F)cc(C(F)(F)F)c2)CC1. The first kappa shape index (κ1) is 23.6. The molecule has 0 spiro atoms. The van der Waals surface area contributed by atoms with Crippen LogP contribution in [0.15, 0.2) is 48.5 Å². The zero-order chi connectivity index (χ0) is 23.6. The van der Waals surface area contributed by atoms with E-state index >= 15 is 0 Å². The molecule has 0 atom stereocenters. The molecule has 0 aromatic heterocycles. The number of hydrogen-bond donors (Lipinski definition) is 1. The van der Waals surface area contributed by atoms with Crippen LogP contribution in [0.3, 0.4) is 0 Å². The average molecular weight is 455 g/mol. The summed E-state index contributed by atoms with van der Waals surface area (Å²) in [6.07, 6.45) is -9.69. The molecule has 0 radical (unpaired) electrons. The molecule has 1 fully saturated rings. The van der Waals surface area contributed by atoms with Gasteiger partial charge in [0.25, 0.3) is 5.91 Å². The topological polar surface area (TPSA) is 56.1 Å². The Bertz CT molecular complexity index is 971. The Labute approximate surface area is 180 Å². The van der Waals surface area contributed by atoms with E-state index in [-0.39, 0.29) is 32.0 Å². The Kier molecular flexibility index (Phi) is 6.51. The minimum absolute atomic E-state index is 0.0127. The molecular formula is C22H19F6N3O. The highest BCUT2D eigenvalue weighted by atomic mass is 19.4. The Hall–Kier alpha value is -3.06. The lowest BCUT2D eigenvalue weighted by molar-refractivity contribution is -0.143. The summed E-state index contributed by atoms with van der Waals surface area (Å²) in [7, 11) is 0. The molecule has 2 aromatic carbocycles. The highest BCUT2D eigenvalue weighted by Gasteiger charge is 2.39. The van der Waals surface area contributed by atoms with Crippen molar-refractivity contribution in [3.05, 3.63) is 70.8 Å². The molecule has 3 rings (SSSR count). The fourth-order valence-electron chi connectivity index (χ4n) is 3.55. The number of nitrogens with one attached hydrogen (secondary N) is 1. The van der Waals surface area contributed by atoms with E-state index in [0.29, 0.717) is 18.7 Å². The van der Waals surface area contributed by atoms with Gasteiger partial charge in [0.15, 0.2) is 0 Å². The van der Waals surface area contributed by atoms with Gasteiger partial charge >= 0.3 is 12.4 Å². The van der Waals surface area contributed by atoms with Crippen LogP contribution in [0.5, 0.6) is 0 Å². The number of halogens is 6. The molecule has 1 aliphatic rings. The standard InChI is InChI=1S/C22H19F6N3O/c23-21(24,25)17-10-16(11-18(12-17)22(26,27)28)19(32)31-8-6-20(14-29,7-9-31)30-13-15-4-2-1-3-5-15/h1-5,10-12,30H,6-9,13H2. The van der Waals surface area contributed by atoms with Gasteiger partial charge in [0.05, 0.1) is 17.2 Å². The van der Waals surface area contributed by atoms with Gasteiger partial charge in [-0.15, -0.1) is 0 Å². The molecule has 10 heteroatoms. The number of carbonyl (C=O) groups excluding carboxylic acids is 1. The van der Waals surface area contributed by atoms with Crippen LogP contribution in [-0.2, 0) is 18.9 Å². The van der Waals surface area contributed by atoms with E-state index in [0.717, 1.165) is 5.56 Å². The summed E-state index contributed by atoms with van der Waals surface area (Å²) in [6.45, 7) is 0.447. The number of carbonyl (C=O) groups is 1. The van der Waals surface area contributed by atoms with Crippen molar-refractivity contribution in [2.45, 2.75) is 37.3 Å². The van der Waals surface area contributed by atoms with Crippen LogP contribution in [-0.4, -0.2) is 29.4 Å². The summed E-state index contributed by atoms with van der Waals surface area (Å²) in [4.78, 5) is 13.9. The molecule has 0 saturated carbocycles. The number of alkyl halides is 6. The van der Waals surface area contributed by atoms with Crippen molar-refractivity contribution >= 4 is 5.91 Å². The molecule has 0 bridgehead atoms. The first-order valence-electron chi connectivity index (χ1n) is 9.72. The predicted octanol–water partition coefficient (Wildman–Crippen LogP) is 5.01. The molecule has 4 nitrogen and oxygen atoms in total. The lowest BCUT2D eigenvalue weighted by atomic mass is 9.88. The first-order valence-corrected chi connectivity index (χ1v) is 9.72. The van der Waals surface area contributed by atoms with Gasteiger partial charge in [0, 0.05) is 25.2 Å². The van der Waals surface area contributed by atoms with Crippen molar-refractivity contribution in [1.29, 1.82) is 5.26 Å². The van der Waals surface area contributed by atoms with E-state index in [9.17, 15) is 36.4 Å². The van der Waals surface area contributed by atoms with Gasteiger partial charge < -0.3 is 4.90 Å². The summed E-state index contributed by atoms with van der Waals surface area (Å²) in [5.74, 6) is -0.934. The van der Waals surface area contributed by atoms with Crippen LogP contribution in [0.4, 0.5) is 26.3 Å². The van der Waals surface area contributed by atoms with E-state index < -0.39 is 40.5 Å². The molecule has 32 heavy (non-hydrogen) atoms. The molecule has 2 aromatic rings. The molecule has 170 valence electrons. The lowest BCUT2D eigenvalue weighted by Crippen LogP contribution is -2.53. The number of rotatable bonds is 4. The highest BCUT2D eigenvalue weighted by molar-refractivity contribution is 5.94. The Morgan fingerprint density at radius 3 is 1.97 bits per heavy atom. The van der Waals surface area contributed by atoms with Crippen LogP contribution < -0.4 is 5.32 Å². The third-order valence-electron chi connectivity index (χ3n) is 5.43. The molecule has 1 heterocycles. The van der Waals surface area contributed by atoms with Crippen LogP contribution in [0.25, 0.3) is 0 Å². The van der Waals surface area contributed by atoms with Gasteiger partial charge in [-0.1, -0.05) is 30.3 Å². The number of benzene rings is 2. The second-order valence-corrected chi connectivity index (χ2v) is 7.62. The predicted molar refractivity (Wildman–Crippen MR) is 103 cm³/mol. The summed E-state index contributed by atoms with van der Waals surface area (Å²) in [5, 5.41) is 12.8. The fraction of sp³-hybridized carbons (Fsp3) is 0.364.